The van der Waals surface area contributed by atoms with Gasteiger partial charge in [0.05, 0.1) is 12.5 Å². The lowest BCUT2D eigenvalue weighted by atomic mass is 9.96. The Morgan fingerprint density at radius 1 is 1.28 bits per heavy atom. The number of carbonyl (C=O) groups excluding carboxylic acids is 1. The van der Waals surface area contributed by atoms with Crippen molar-refractivity contribution in [1.82, 2.24) is 4.90 Å². The lowest BCUT2D eigenvalue weighted by molar-refractivity contribution is -0.137. The lowest BCUT2D eigenvalue weighted by Gasteiger charge is -2.23. The first-order valence-electron chi connectivity index (χ1n) is 6.39. The van der Waals surface area contributed by atoms with Crippen LogP contribution in [0.2, 0.25) is 0 Å². The van der Waals surface area contributed by atoms with Crippen LogP contribution in [0.15, 0.2) is 42.1 Å². The zero-order chi connectivity index (χ0) is 12.7. The van der Waals surface area contributed by atoms with E-state index in [-0.39, 0.29) is 18.1 Å². The van der Waals surface area contributed by atoms with Crippen molar-refractivity contribution in [1.29, 1.82) is 0 Å². The Bertz CT molecular complexity index is 492. The molecular weight excluding hydrogens is 226 g/mol. The number of amides is 1. The Morgan fingerprint density at radius 3 is 2.67 bits per heavy atom. The highest BCUT2D eigenvalue weighted by Crippen LogP contribution is 2.40. The fourth-order valence-corrected chi connectivity index (χ4v) is 2.62. The van der Waals surface area contributed by atoms with Gasteiger partial charge in [-0.3, -0.25) is 9.69 Å². The van der Waals surface area contributed by atoms with E-state index in [0.29, 0.717) is 12.5 Å². The van der Waals surface area contributed by atoms with Crippen molar-refractivity contribution >= 4 is 5.91 Å². The van der Waals surface area contributed by atoms with Crippen molar-refractivity contribution < 1.29 is 9.53 Å². The highest BCUT2D eigenvalue weighted by atomic mass is 16.5. The summed E-state index contributed by atoms with van der Waals surface area (Å²) >= 11 is 0. The molecule has 0 bridgehead atoms. The third kappa shape index (κ3) is 1.66. The molecule has 18 heavy (non-hydrogen) atoms. The van der Waals surface area contributed by atoms with Crippen LogP contribution >= 0.6 is 0 Å². The van der Waals surface area contributed by atoms with Gasteiger partial charge in [-0.15, -0.1) is 0 Å². The molecule has 2 atom stereocenters. The first-order valence-corrected chi connectivity index (χ1v) is 6.39. The quantitative estimate of drug-likeness (QED) is 0.799. The number of rotatable bonds is 2. The maximum atomic E-state index is 12.4. The minimum absolute atomic E-state index is 0.00936. The molecular formula is C15H17NO2. The molecule has 0 radical (unpaired) electrons. The average molecular weight is 243 g/mol. The van der Waals surface area contributed by atoms with E-state index in [1.54, 1.807) is 0 Å². The molecule has 2 heterocycles. The Hall–Kier alpha value is -1.61. The number of fused-ring (bicyclic) bond motifs is 1. The predicted molar refractivity (Wildman–Crippen MR) is 68.4 cm³/mol. The second-order valence-electron chi connectivity index (χ2n) is 5.21. The maximum absolute atomic E-state index is 12.4. The minimum Gasteiger partial charge on any atom is -0.347 e. The summed E-state index contributed by atoms with van der Waals surface area (Å²) < 4.78 is 5.74. The molecule has 1 aromatic carbocycles. The predicted octanol–water partition coefficient (Wildman–Crippen LogP) is 2.71. The molecule has 2 aliphatic heterocycles. The lowest BCUT2D eigenvalue weighted by Crippen LogP contribution is -2.31. The van der Waals surface area contributed by atoms with Gasteiger partial charge >= 0.3 is 0 Å². The molecule has 0 spiro atoms. The molecule has 94 valence electrons. The first-order chi connectivity index (χ1) is 8.68. The van der Waals surface area contributed by atoms with Crippen LogP contribution < -0.4 is 0 Å². The van der Waals surface area contributed by atoms with Gasteiger partial charge in [0.15, 0.2) is 6.23 Å². The summed E-state index contributed by atoms with van der Waals surface area (Å²) in [7, 11) is 0. The highest BCUT2D eigenvalue weighted by molar-refractivity contribution is 5.86. The number of carbonyl (C=O) groups is 1. The van der Waals surface area contributed by atoms with Gasteiger partial charge in [0, 0.05) is 11.3 Å². The molecule has 1 aromatic rings. The largest absolute Gasteiger partial charge is 0.347 e. The van der Waals surface area contributed by atoms with Crippen molar-refractivity contribution in [3.8, 4) is 0 Å². The van der Waals surface area contributed by atoms with Crippen molar-refractivity contribution in [3.63, 3.8) is 0 Å². The summed E-state index contributed by atoms with van der Waals surface area (Å²) in [6.45, 7) is 4.70. The second kappa shape index (κ2) is 4.25. The second-order valence-corrected chi connectivity index (χ2v) is 5.21. The Balaban J connectivity index is 1.91. The average Bonchev–Trinajstić information content (AvgIpc) is 2.91. The number of benzene rings is 1. The summed E-state index contributed by atoms with van der Waals surface area (Å²) in [5, 5.41) is 0. The SMILES string of the molecule is CC(C)[C@H]1C=C2CO[C@H](c3ccccc3)N2C1=O. The van der Waals surface area contributed by atoms with E-state index in [0.717, 1.165) is 11.3 Å². The zero-order valence-corrected chi connectivity index (χ0v) is 10.7. The highest BCUT2D eigenvalue weighted by Gasteiger charge is 2.43. The van der Waals surface area contributed by atoms with Crippen molar-refractivity contribution in [2.45, 2.75) is 20.1 Å². The molecule has 1 fully saturated rings. The smallest absolute Gasteiger partial charge is 0.236 e. The molecule has 0 aliphatic carbocycles. The Labute approximate surface area is 107 Å². The van der Waals surface area contributed by atoms with Crippen molar-refractivity contribution in [2.24, 2.45) is 11.8 Å². The maximum Gasteiger partial charge on any atom is 0.236 e. The molecule has 0 unspecified atom stereocenters. The molecule has 0 N–H and O–H groups in total. The van der Waals surface area contributed by atoms with Crippen LogP contribution in [0.3, 0.4) is 0 Å². The number of hydrogen-bond acceptors (Lipinski definition) is 2. The third-order valence-corrected chi connectivity index (χ3v) is 3.63. The number of ether oxygens (including phenoxy) is 1. The van der Waals surface area contributed by atoms with Gasteiger partial charge < -0.3 is 4.74 Å². The van der Waals surface area contributed by atoms with Gasteiger partial charge in [0.2, 0.25) is 5.91 Å². The number of nitrogens with zero attached hydrogens (tertiary/aromatic N) is 1. The fraction of sp³-hybridized carbons (Fsp3) is 0.400. The standard InChI is InChI=1S/C15H17NO2/c1-10(2)13-8-12-9-18-15(16(12)14(13)17)11-6-4-3-5-7-11/h3-8,10,13,15H,9H2,1-2H3/t13-,15-/m1/s1. The summed E-state index contributed by atoms with van der Waals surface area (Å²) in [6, 6.07) is 9.92. The zero-order valence-electron chi connectivity index (χ0n) is 10.7. The van der Waals surface area contributed by atoms with Gasteiger partial charge in [-0.05, 0) is 12.0 Å². The topological polar surface area (TPSA) is 29.5 Å². The van der Waals surface area contributed by atoms with Gasteiger partial charge in [-0.25, -0.2) is 0 Å². The molecule has 3 nitrogen and oxygen atoms in total. The van der Waals surface area contributed by atoms with Crippen LogP contribution in [0.4, 0.5) is 0 Å². The van der Waals surface area contributed by atoms with Crippen LogP contribution in [0.25, 0.3) is 0 Å². The van der Waals surface area contributed by atoms with Gasteiger partial charge in [-0.1, -0.05) is 44.2 Å². The Kier molecular flexibility index (Phi) is 2.71. The monoisotopic (exact) mass is 243 g/mol. The molecule has 0 saturated carbocycles. The summed E-state index contributed by atoms with van der Waals surface area (Å²) in [5.41, 5.74) is 2.06. The molecule has 3 rings (SSSR count). The summed E-state index contributed by atoms with van der Waals surface area (Å²) in [5.74, 6) is 0.522. The molecule has 3 heteroatoms. The summed E-state index contributed by atoms with van der Waals surface area (Å²) in [4.78, 5) is 14.2. The number of hydrogen-bond donors (Lipinski definition) is 0. The van der Waals surface area contributed by atoms with Crippen molar-refractivity contribution in [3.05, 3.63) is 47.7 Å². The van der Waals surface area contributed by atoms with Crippen LogP contribution in [0.5, 0.6) is 0 Å². The molecule has 1 saturated heterocycles. The fourth-order valence-electron chi connectivity index (χ4n) is 2.62. The van der Waals surface area contributed by atoms with E-state index in [9.17, 15) is 4.79 Å². The van der Waals surface area contributed by atoms with E-state index in [4.69, 9.17) is 4.74 Å². The normalized spacial score (nSPS) is 26.7. The van der Waals surface area contributed by atoms with E-state index >= 15 is 0 Å². The minimum atomic E-state index is -0.242. The van der Waals surface area contributed by atoms with E-state index in [1.165, 1.54) is 0 Å². The van der Waals surface area contributed by atoms with Crippen LogP contribution in [-0.2, 0) is 9.53 Å². The third-order valence-electron chi connectivity index (χ3n) is 3.63. The van der Waals surface area contributed by atoms with E-state index < -0.39 is 0 Å². The van der Waals surface area contributed by atoms with Gasteiger partial charge in [0.25, 0.3) is 0 Å². The van der Waals surface area contributed by atoms with E-state index in [1.807, 2.05) is 35.2 Å². The van der Waals surface area contributed by atoms with Gasteiger partial charge in [0.1, 0.15) is 0 Å². The Morgan fingerprint density at radius 2 is 2.00 bits per heavy atom. The van der Waals surface area contributed by atoms with Crippen LogP contribution in [-0.4, -0.2) is 17.4 Å². The molecule has 0 aromatic heterocycles. The van der Waals surface area contributed by atoms with E-state index in [2.05, 4.69) is 19.9 Å². The van der Waals surface area contributed by atoms with Gasteiger partial charge in [-0.2, -0.15) is 0 Å². The summed E-state index contributed by atoms with van der Waals surface area (Å²) in [6.07, 6.45) is 1.82. The molecule has 2 aliphatic rings. The van der Waals surface area contributed by atoms with Crippen LogP contribution in [0.1, 0.15) is 25.6 Å². The molecule has 1 amide bonds. The van der Waals surface area contributed by atoms with Crippen molar-refractivity contribution in [2.75, 3.05) is 6.61 Å². The van der Waals surface area contributed by atoms with Crippen LogP contribution in [0, 0.1) is 11.8 Å². The first kappa shape index (κ1) is 11.5.